The Morgan fingerprint density at radius 3 is 2.71 bits per heavy atom. The van der Waals surface area contributed by atoms with Crippen LogP contribution in [0.5, 0.6) is 0 Å². The van der Waals surface area contributed by atoms with Crippen LogP contribution in [-0.2, 0) is 9.47 Å². The van der Waals surface area contributed by atoms with Crippen molar-refractivity contribution in [3.8, 4) is 0 Å². The maximum absolute atomic E-state index is 5.67. The normalized spacial score (nSPS) is 17.8. The molecule has 102 valence electrons. The van der Waals surface area contributed by atoms with Gasteiger partial charge in [0.25, 0.3) is 0 Å². The van der Waals surface area contributed by atoms with Crippen molar-refractivity contribution in [1.29, 1.82) is 0 Å². The van der Waals surface area contributed by atoms with E-state index < -0.39 is 0 Å². The Morgan fingerprint density at radius 1 is 1.24 bits per heavy atom. The second-order valence-corrected chi connectivity index (χ2v) is 5.04. The van der Waals surface area contributed by atoms with E-state index in [1.165, 1.54) is 6.42 Å². The third-order valence-electron chi connectivity index (χ3n) is 3.08. The number of rotatable bonds is 9. The van der Waals surface area contributed by atoms with Gasteiger partial charge in [-0.2, -0.15) is 0 Å². The van der Waals surface area contributed by atoms with Crippen molar-refractivity contribution < 1.29 is 9.47 Å². The maximum Gasteiger partial charge on any atom is 0.0591 e. The quantitative estimate of drug-likeness (QED) is 0.613. The number of nitrogens with zero attached hydrogens (tertiary/aromatic N) is 1. The molecule has 0 amide bonds. The van der Waals surface area contributed by atoms with Crippen LogP contribution in [0.2, 0.25) is 0 Å². The molecule has 0 unspecified atom stereocenters. The summed E-state index contributed by atoms with van der Waals surface area (Å²) in [5.41, 5.74) is 0. The van der Waals surface area contributed by atoms with E-state index in [9.17, 15) is 0 Å². The molecule has 0 atom stereocenters. The molecule has 1 aliphatic heterocycles. The van der Waals surface area contributed by atoms with Crippen LogP contribution in [0.3, 0.4) is 0 Å². The van der Waals surface area contributed by atoms with Crippen molar-refractivity contribution in [2.75, 3.05) is 60.2 Å². The number of nitrogens with one attached hydrogen (secondary N) is 1. The van der Waals surface area contributed by atoms with Gasteiger partial charge >= 0.3 is 0 Å². The lowest BCUT2D eigenvalue weighted by molar-refractivity contribution is 0.0214. The number of ether oxygens (including phenoxy) is 2. The van der Waals surface area contributed by atoms with Crippen LogP contribution in [0.4, 0.5) is 0 Å². The Morgan fingerprint density at radius 2 is 2.00 bits per heavy atom. The van der Waals surface area contributed by atoms with Gasteiger partial charge in [0, 0.05) is 26.4 Å². The highest BCUT2D eigenvalue weighted by Crippen LogP contribution is 2.14. The average Bonchev–Trinajstić information content (AvgIpc) is 2.33. The summed E-state index contributed by atoms with van der Waals surface area (Å²) in [6, 6.07) is 0. The first-order valence-electron chi connectivity index (χ1n) is 6.80. The summed E-state index contributed by atoms with van der Waals surface area (Å²) in [7, 11) is 4.22. The summed E-state index contributed by atoms with van der Waals surface area (Å²) in [6.07, 6.45) is 3.53. The van der Waals surface area contributed by atoms with Gasteiger partial charge in [-0.3, -0.25) is 0 Å². The summed E-state index contributed by atoms with van der Waals surface area (Å²) in [5.74, 6) is 0.720. The fourth-order valence-electron chi connectivity index (χ4n) is 1.95. The molecule has 0 aromatic rings. The maximum atomic E-state index is 5.67. The van der Waals surface area contributed by atoms with E-state index in [0.29, 0.717) is 0 Å². The summed E-state index contributed by atoms with van der Waals surface area (Å²) in [6.45, 7) is 6.76. The summed E-state index contributed by atoms with van der Waals surface area (Å²) < 4.78 is 11.0. The monoisotopic (exact) mass is 244 g/mol. The van der Waals surface area contributed by atoms with Crippen LogP contribution < -0.4 is 5.32 Å². The number of hydrogen-bond donors (Lipinski definition) is 1. The minimum Gasteiger partial charge on any atom is -0.381 e. The van der Waals surface area contributed by atoms with Crippen LogP contribution >= 0.6 is 0 Å². The Bertz CT molecular complexity index is 171. The molecule has 0 saturated carbocycles. The molecule has 4 heteroatoms. The van der Waals surface area contributed by atoms with E-state index in [2.05, 4.69) is 24.3 Å². The van der Waals surface area contributed by atoms with Gasteiger partial charge < -0.3 is 19.7 Å². The van der Waals surface area contributed by atoms with Crippen molar-refractivity contribution in [2.45, 2.75) is 19.3 Å². The van der Waals surface area contributed by atoms with E-state index in [4.69, 9.17) is 9.47 Å². The standard InChI is InChI=1S/C13H28N2O2/c1-15(2)8-3-6-14-7-11-17-12-13-4-9-16-10-5-13/h13-14H,3-12H2,1-2H3. The highest BCUT2D eigenvalue weighted by molar-refractivity contribution is 4.62. The first-order valence-corrected chi connectivity index (χ1v) is 6.80. The molecule has 0 radical (unpaired) electrons. The molecule has 4 nitrogen and oxygen atoms in total. The Balaban J connectivity index is 1.78. The zero-order valence-corrected chi connectivity index (χ0v) is 11.4. The third-order valence-corrected chi connectivity index (χ3v) is 3.08. The van der Waals surface area contributed by atoms with Crippen LogP contribution in [-0.4, -0.2) is 65.1 Å². The molecular formula is C13H28N2O2. The van der Waals surface area contributed by atoms with Crippen molar-refractivity contribution in [3.63, 3.8) is 0 Å². The van der Waals surface area contributed by atoms with Gasteiger partial charge in [-0.1, -0.05) is 0 Å². The highest BCUT2D eigenvalue weighted by atomic mass is 16.5. The van der Waals surface area contributed by atoms with Gasteiger partial charge in [0.15, 0.2) is 0 Å². The van der Waals surface area contributed by atoms with Crippen LogP contribution in [0.15, 0.2) is 0 Å². The predicted octanol–water partition coefficient (Wildman–Crippen LogP) is 0.971. The minimum absolute atomic E-state index is 0.720. The molecule has 0 bridgehead atoms. The summed E-state index contributed by atoms with van der Waals surface area (Å²) in [5, 5.41) is 3.40. The lowest BCUT2D eigenvalue weighted by atomic mass is 10.0. The molecule has 1 aliphatic rings. The van der Waals surface area contributed by atoms with Crippen molar-refractivity contribution in [3.05, 3.63) is 0 Å². The molecule has 1 heterocycles. The van der Waals surface area contributed by atoms with Gasteiger partial charge in [-0.05, 0) is 52.4 Å². The summed E-state index contributed by atoms with van der Waals surface area (Å²) >= 11 is 0. The first kappa shape index (κ1) is 14.9. The van der Waals surface area contributed by atoms with Gasteiger partial charge in [-0.15, -0.1) is 0 Å². The largest absolute Gasteiger partial charge is 0.381 e. The third kappa shape index (κ3) is 8.55. The first-order chi connectivity index (χ1) is 8.29. The van der Waals surface area contributed by atoms with Crippen molar-refractivity contribution in [1.82, 2.24) is 10.2 Å². The molecule has 17 heavy (non-hydrogen) atoms. The molecule has 0 spiro atoms. The molecule has 1 saturated heterocycles. The highest BCUT2D eigenvalue weighted by Gasteiger charge is 2.13. The SMILES string of the molecule is CN(C)CCCNCCOCC1CCOCC1. The number of hydrogen-bond acceptors (Lipinski definition) is 4. The second kappa shape index (κ2) is 9.83. The lowest BCUT2D eigenvalue weighted by Gasteiger charge is -2.21. The van der Waals surface area contributed by atoms with E-state index in [1.807, 2.05) is 0 Å². The van der Waals surface area contributed by atoms with Crippen LogP contribution in [0, 0.1) is 5.92 Å². The molecule has 0 aromatic carbocycles. The van der Waals surface area contributed by atoms with E-state index in [0.717, 1.165) is 64.8 Å². The van der Waals surface area contributed by atoms with Gasteiger partial charge in [0.2, 0.25) is 0 Å². The lowest BCUT2D eigenvalue weighted by Crippen LogP contribution is -2.26. The van der Waals surface area contributed by atoms with Crippen molar-refractivity contribution in [2.24, 2.45) is 5.92 Å². The fourth-order valence-corrected chi connectivity index (χ4v) is 1.95. The molecule has 0 aromatic heterocycles. The molecule has 0 aliphatic carbocycles. The van der Waals surface area contributed by atoms with Crippen LogP contribution in [0.25, 0.3) is 0 Å². The Hall–Kier alpha value is -0.160. The zero-order chi connectivity index (χ0) is 12.3. The van der Waals surface area contributed by atoms with E-state index >= 15 is 0 Å². The molecule has 1 rings (SSSR count). The van der Waals surface area contributed by atoms with E-state index in [1.54, 1.807) is 0 Å². The van der Waals surface area contributed by atoms with Gasteiger partial charge in [-0.25, -0.2) is 0 Å². The fraction of sp³-hybridized carbons (Fsp3) is 1.00. The Labute approximate surface area is 106 Å². The van der Waals surface area contributed by atoms with Crippen molar-refractivity contribution >= 4 is 0 Å². The second-order valence-electron chi connectivity index (χ2n) is 5.04. The minimum atomic E-state index is 0.720. The Kier molecular flexibility index (Phi) is 8.61. The predicted molar refractivity (Wildman–Crippen MR) is 70.4 cm³/mol. The van der Waals surface area contributed by atoms with E-state index in [-0.39, 0.29) is 0 Å². The average molecular weight is 244 g/mol. The smallest absolute Gasteiger partial charge is 0.0591 e. The van der Waals surface area contributed by atoms with Gasteiger partial charge in [0.1, 0.15) is 0 Å². The van der Waals surface area contributed by atoms with Gasteiger partial charge in [0.05, 0.1) is 6.61 Å². The molecule has 1 N–H and O–H groups in total. The topological polar surface area (TPSA) is 33.7 Å². The zero-order valence-electron chi connectivity index (χ0n) is 11.4. The molecule has 1 fully saturated rings. The molecular weight excluding hydrogens is 216 g/mol. The van der Waals surface area contributed by atoms with Crippen LogP contribution in [0.1, 0.15) is 19.3 Å². The summed E-state index contributed by atoms with van der Waals surface area (Å²) in [4.78, 5) is 2.21.